The third kappa shape index (κ3) is 6.39. The maximum atomic E-state index is 5.94. The smallest absolute Gasteiger partial charge is 0.193 e. The number of aliphatic imine (C=N–C) groups is 1. The summed E-state index contributed by atoms with van der Waals surface area (Å²) in [4.78, 5) is 4.34. The first-order chi connectivity index (χ1) is 10.9. The molecule has 0 aliphatic heterocycles. The second-order valence-electron chi connectivity index (χ2n) is 5.89. The van der Waals surface area contributed by atoms with E-state index in [-0.39, 0.29) is 30.1 Å². The van der Waals surface area contributed by atoms with Crippen LogP contribution in [0.2, 0.25) is 0 Å². The Kier molecular flexibility index (Phi) is 8.04. The van der Waals surface area contributed by atoms with Crippen molar-refractivity contribution in [2.45, 2.75) is 33.8 Å². The summed E-state index contributed by atoms with van der Waals surface area (Å²) in [6.45, 7) is 8.69. The predicted molar refractivity (Wildman–Crippen MR) is 113 cm³/mol. The highest BCUT2D eigenvalue weighted by molar-refractivity contribution is 14.0. The molecule has 0 aliphatic carbocycles. The maximum Gasteiger partial charge on any atom is 0.193 e. The van der Waals surface area contributed by atoms with E-state index < -0.39 is 0 Å². The monoisotopic (exact) mass is 439 g/mol. The number of guanidine groups is 1. The number of nitrogens with zero attached hydrogens (tertiary/aromatic N) is 1. The van der Waals surface area contributed by atoms with E-state index in [2.05, 4.69) is 43.2 Å². The van der Waals surface area contributed by atoms with Crippen molar-refractivity contribution in [2.24, 2.45) is 10.7 Å². The van der Waals surface area contributed by atoms with Crippen LogP contribution in [-0.4, -0.2) is 18.6 Å². The van der Waals surface area contributed by atoms with Gasteiger partial charge in [-0.05, 0) is 63.1 Å². The average Bonchev–Trinajstić information content (AvgIpc) is 2.51. The van der Waals surface area contributed by atoms with Crippen LogP contribution in [0.4, 0.5) is 5.69 Å². The van der Waals surface area contributed by atoms with Crippen molar-refractivity contribution >= 4 is 35.6 Å². The Morgan fingerprint density at radius 2 is 1.75 bits per heavy atom. The van der Waals surface area contributed by atoms with Gasteiger partial charge in [-0.1, -0.05) is 23.8 Å². The molecule has 0 saturated carbocycles. The first-order valence-corrected chi connectivity index (χ1v) is 7.81. The molecule has 1 atom stereocenters. The molecule has 130 valence electrons. The van der Waals surface area contributed by atoms with Gasteiger partial charge in [0.15, 0.2) is 5.96 Å². The number of hydrogen-bond donors (Lipinski definition) is 2. The summed E-state index contributed by atoms with van der Waals surface area (Å²) in [5, 5.41) is 3.11. The van der Waals surface area contributed by atoms with E-state index in [1.807, 2.05) is 37.3 Å². The number of nitrogens with one attached hydrogen (secondary N) is 1. The molecular weight excluding hydrogens is 413 g/mol. The Bertz CT molecular complexity index is 684. The van der Waals surface area contributed by atoms with Crippen LogP contribution in [0.1, 0.15) is 23.6 Å². The van der Waals surface area contributed by atoms with Crippen LogP contribution in [0.3, 0.4) is 0 Å². The van der Waals surface area contributed by atoms with Crippen LogP contribution in [-0.2, 0) is 0 Å². The van der Waals surface area contributed by atoms with Gasteiger partial charge in [0, 0.05) is 5.69 Å². The molecule has 0 saturated heterocycles. The SMILES string of the molecule is Cc1ccc(OC(C)CN=C(N)Nc2ccc(C)c(C)c2)cc1.I. The fraction of sp³-hybridized carbons (Fsp3) is 0.316. The lowest BCUT2D eigenvalue weighted by Crippen LogP contribution is -2.25. The van der Waals surface area contributed by atoms with Crippen LogP contribution in [0.25, 0.3) is 0 Å². The summed E-state index contributed by atoms with van der Waals surface area (Å²) in [6.07, 6.45) is -0.0437. The first-order valence-electron chi connectivity index (χ1n) is 7.81. The highest BCUT2D eigenvalue weighted by Crippen LogP contribution is 2.14. The van der Waals surface area contributed by atoms with Gasteiger partial charge >= 0.3 is 0 Å². The largest absolute Gasteiger partial charge is 0.489 e. The zero-order chi connectivity index (χ0) is 16.8. The van der Waals surface area contributed by atoms with Gasteiger partial charge in [0.25, 0.3) is 0 Å². The number of hydrogen-bond acceptors (Lipinski definition) is 2. The van der Waals surface area contributed by atoms with Crippen molar-refractivity contribution in [1.82, 2.24) is 0 Å². The highest BCUT2D eigenvalue weighted by Gasteiger charge is 2.04. The summed E-state index contributed by atoms with van der Waals surface area (Å²) in [7, 11) is 0. The summed E-state index contributed by atoms with van der Waals surface area (Å²) in [5.74, 6) is 1.24. The molecule has 0 aliphatic rings. The highest BCUT2D eigenvalue weighted by atomic mass is 127. The summed E-state index contributed by atoms with van der Waals surface area (Å²) >= 11 is 0. The molecule has 0 radical (unpaired) electrons. The zero-order valence-corrected chi connectivity index (χ0v) is 17.0. The van der Waals surface area contributed by atoms with Gasteiger partial charge in [0.1, 0.15) is 11.9 Å². The normalized spacial score (nSPS) is 12.2. The molecule has 1 unspecified atom stereocenters. The van der Waals surface area contributed by atoms with E-state index in [9.17, 15) is 0 Å². The van der Waals surface area contributed by atoms with Crippen molar-refractivity contribution in [3.05, 3.63) is 59.2 Å². The predicted octanol–water partition coefficient (Wildman–Crippen LogP) is 4.42. The molecule has 4 nitrogen and oxygen atoms in total. The van der Waals surface area contributed by atoms with Crippen LogP contribution in [0.15, 0.2) is 47.5 Å². The molecular formula is C19H26IN3O. The van der Waals surface area contributed by atoms with Crippen molar-refractivity contribution < 1.29 is 4.74 Å². The lowest BCUT2D eigenvalue weighted by molar-refractivity contribution is 0.230. The lowest BCUT2D eigenvalue weighted by atomic mass is 10.1. The fourth-order valence-electron chi connectivity index (χ4n) is 2.12. The van der Waals surface area contributed by atoms with Crippen molar-refractivity contribution in [2.75, 3.05) is 11.9 Å². The van der Waals surface area contributed by atoms with Crippen LogP contribution in [0.5, 0.6) is 5.75 Å². The molecule has 0 fully saturated rings. The summed E-state index contributed by atoms with van der Waals surface area (Å²) in [5.41, 5.74) is 10.6. The lowest BCUT2D eigenvalue weighted by Gasteiger charge is -2.13. The Balaban J connectivity index is 0.00000288. The standard InChI is InChI=1S/C19H25N3O.HI/c1-13-5-9-18(10-6-13)23-16(4)12-21-19(20)22-17-8-7-14(2)15(3)11-17;/h5-11,16H,12H2,1-4H3,(H3,20,21,22);1H. The Labute approximate surface area is 161 Å². The number of ether oxygens (including phenoxy) is 1. The van der Waals surface area contributed by atoms with Gasteiger partial charge in [-0.2, -0.15) is 0 Å². The van der Waals surface area contributed by atoms with Crippen molar-refractivity contribution in [1.29, 1.82) is 0 Å². The minimum absolute atomic E-state index is 0. The number of nitrogens with two attached hydrogens (primary N) is 1. The number of anilines is 1. The third-order valence-corrected chi connectivity index (χ3v) is 3.66. The molecule has 0 heterocycles. The third-order valence-electron chi connectivity index (χ3n) is 3.66. The Morgan fingerprint density at radius 3 is 2.38 bits per heavy atom. The Hall–Kier alpha value is -1.76. The van der Waals surface area contributed by atoms with Crippen LogP contribution in [0, 0.1) is 20.8 Å². The zero-order valence-electron chi connectivity index (χ0n) is 14.7. The number of aryl methyl sites for hydroxylation is 3. The molecule has 0 aromatic heterocycles. The number of halogens is 1. The van der Waals surface area contributed by atoms with Crippen LogP contribution >= 0.6 is 24.0 Å². The van der Waals surface area contributed by atoms with Crippen LogP contribution < -0.4 is 15.8 Å². The number of rotatable bonds is 5. The molecule has 0 amide bonds. The van der Waals surface area contributed by atoms with Gasteiger partial charge < -0.3 is 15.8 Å². The first kappa shape index (κ1) is 20.3. The number of benzene rings is 2. The van der Waals surface area contributed by atoms with Gasteiger partial charge in [0.2, 0.25) is 0 Å². The van der Waals surface area contributed by atoms with Gasteiger partial charge in [-0.3, -0.25) is 0 Å². The molecule has 3 N–H and O–H groups in total. The minimum atomic E-state index is -0.0437. The molecule has 0 spiro atoms. The summed E-state index contributed by atoms with van der Waals surface area (Å²) in [6, 6.07) is 14.1. The maximum absolute atomic E-state index is 5.94. The molecule has 5 heteroatoms. The molecule has 2 rings (SSSR count). The molecule has 2 aromatic carbocycles. The topological polar surface area (TPSA) is 59.6 Å². The van der Waals surface area contributed by atoms with Crippen molar-refractivity contribution in [3.63, 3.8) is 0 Å². The Morgan fingerprint density at radius 1 is 1.08 bits per heavy atom. The van der Waals surface area contributed by atoms with E-state index in [0.717, 1.165) is 11.4 Å². The second-order valence-corrected chi connectivity index (χ2v) is 5.89. The van der Waals surface area contributed by atoms with E-state index in [1.54, 1.807) is 0 Å². The average molecular weight is 439 g/mol. The second kappa shape index (κ2) is 9.52. The van der Waals surface area contributed by atoms with E-state index in [4.69, 9.17) is 10.5 Å². The quantitative estimate of drug-likeness (QED) is 0.412. The van der Waals surface area contributed by atoms with E-state index in [1.165, 1.54) is 16.7 Å². The fourth-order valence-corrected chi connectivity index (χ4v) is 2.12. The van der Waals surface area contributed by atoms with Gasteiger partial charge in [-0.15, -0.1) is 24.0 Å². The van der Waals surface area contributed by atoms with E-state index in [0.29, 0.717) is 12.5 Å². The van der Waals surface area contributed by atoms with E-state index >= 15 is 0 Å². The van der Waals surface area contributed by atoms with Gasteiger partial charge in [0.05, 0.1) is 6.54 Å². The minimum Gasteiger partial charge on any atom is -0.489 e. The van der Waals surface area contributed by atoms with Crippen molar-refractivity contribution in [3.8, 4) is 5.75 Å². The molecule has 0 bridgehead atoms. The van der Waals surface area contributed by atoms with Gasteiger partial charge in [-0.25, -0.2) is 4.99 Å². The summed E-state index contributed by atoms with van der Waals surface area (Å²) < 4.78 is 5.81. The molecule has 2 aromatic rings. The molecule has 24 heavy (non-hydrogen) atoms.